The highest BCUT2D eigenvalue weighted by Gasteiger charge is 1.79. The van der Waals surface area contributed by atoms with E-state index in [0.717, 1.165) is 0 Å². The Balaban J connectivity index is 3.61. The Labute approximate surface area is 64.8 Å². The lowest BCUT2D eigenvalue weighted by atomic mass is 10.4. The lowest BCUT2D eigenvalue weighted by molar-refractivity contribution is 1.33. The van der Waals surface area contributed by atoms with Crippen LogP contribution in [0, 0.1) is 11.8 Å². The Kier molecular flexibility index (Phi) is 5.35. The SMILES string of the molecule is C=C/C=C/C#CC(C)Br. The fourth-order valence-electron chi connectivity index (χ4n) is 0.279. The van der Waals surface area contributed by atoms with Crippen LogP contribution >= 0.6 is 15.9 Å². The number of allylic oxidation sites excluding steroid dienone is 3. The van der Waals surface area contributed by atoms with Gasteiger partial charge in [0.25, 0.3) is 0 Å². The predicted molar refractivity (Wildman–Crippen MR) is 45.5 cm³/mol. The summed E-state index contributed by atoms with van der Waals surface area (Å²) in [6.45, 7) is 5.49. The maximum atomic E-state index is 3.51. The van der Waals surface area contributed by atoms with Gasteiger partial charge in [0, 0.05) is 0 Å². The van der Waals surface area contributed by atoms with Crippen molar-refractivity contribution in [1.29, 1.82) is 0 Å². The number of rotatable bonds is 1. The largest absolute Gasteiger partial charge is 0.0990 e. The molecule has 0 aromatic carbocycles. The first-order valence-corrected chi connectivity index (χ1v) is 3.61. The Morgan fingerprint density at radius 2 is 2.33 bits per heavy atom. The maximum Gasteiger partial charge on any atom is 0.0730 e. The van der Waals surface area contributed by atoms with Crippen LogP contribution in [-0.2, 0) is 0 Å². The minimum absolute atomic E-state index is 0.270. The van der Waals surface area contributed by atoms with Gasteiger partial charge in [-0.2, -0.15) is 0 Å². The van der Waals surface area contributed by atoms with Crippen LogP contribution < -0.4 is 0 Å². The lowest BCUT2D eigenvalue weighted by Crippen LogP contribution is -1.78. The zero-order chi connectivity index (χ0) is 7.11. The van der Waals surface area contributed by atoms with Gasteiger partial charge < -0.3 is 0 Å². The van der Waals surface area contributed by atoms with Crippen molar-refractivity contribution in [2.24, 2.45) is 0 Å². The van der Waals surface area contributed by atoms with Gasteiger partial charge in [-0.3, -0.25) is 0 Å². The number of hydrogen-bond acceptors (Lipinski definition) is 0. The molecule has 0 radical (unpaired) electrons. The van der Waals surface area contributed by atoms with Gasteiger partial charge in [0.1, 0.15) is 0 Å². The van der Waals surface area contributed by atoms with Gasteiger partial charge in [0.2, 0.25) is 0 Å². The molecule has 0 aromatic heterocycles. The highest BCUT2D eigenvalue weighted by atomic mass is 79.9. The molecule has 0 spiro atoms. The summed E-state index contributed by atoms with van der Waals surface area (Å²) in [5, 5.41) is 0. The average Bonchev–Trinajstić information content (AvgIpc) is 1.80. The van der Waals surface area contributed by atoms with E-state index in [9.17, 15) is 0 Å². The first-order valence-electron chi connectivity index (χ1n) is 2.70. The molecular formula is C8H9Br. The van der Waals surface area contributed by atoms with Crippen LogP contribution in [0.25, 0.3) is 0 Å². The predicted octanol–water partition coefficient (Wildman–Crippen LogP) is 2.52. The minimum atomic E-state index is 0.270. The molecule has 0 bridgehead atoms. The van der Waals surface area contributed by atoms with E-state index >= 15 is 0 Å². The number of alkyl halides is 1. The first-order chi connectivity index (χ1) is 4.27. The van der Waals surface area contributed by atoms with Crippen molar-refractivity contribution in [1.82, 2.24) is 0 Å². The zero-order valence-electron chi connectivity index (χ0n) is 5.39. The molecule has 9 heavy (non-hydrogen) atoms. The monoisotopic (exact) mass is 184 g/mol. The molecule has 0 aromatic rings. The van der Waals surface area contributed by atoms with Crippen molar-refractivity contribution >= 4 is 15.9 Å². The van der Waals surface area contributed by atoms with Crippen molar-refractivity contribution in [3.8, 4) is 11.8 Å². The molecule has 0 aliphatic heterocycles. The Morgan fingerprint density at radius 3 is 2.78 bits per heavy atom. The Hall–Kier alpha value is -0.480. The standard InChI is InChI=1S/C8H9Br/c1-3-4-5-6-7-8(2)9/h3-5,8H,1H2,2H3/b5-4+. The van der Waals surface area contributed by atoms with E-state index in [-0.39, 0.29) is 4.83 Å². The Bertz CT molecular complexity index is 155. The molecule has 0 nitrogen and oxygen atoms in total. The van der Waals surface area contributed by atoms with Gasteiger partial charge in [0.15, 0.2) is 0 Å². The summed E-state index contributed by atoms with van der Waals surface area (Å²) in [6.07, 6.45) is 5.28. The fourth-order valence-corrected chi connectivity index (χ4v) is 0.411. The van der Waals surface area contributed by atoms with Gasteiger partial charge in [-0.1, -0.05) is 46.5 Å². The summed E-state index contributed by atoms with van der Waals surface area (Å²) in [4.78, 5) is 0.270. The topological polar surface area (TPSA) is 0 Å². The number of halogens is 1. The molecule has 0 N–H and O–H groups in total. The van der Waals surface area contributed by atoms with Crippen LogP contribution in [0.3, 0.4) is 0 Å². The average molecular weight is 185 g/mol. The van der Waals surface area contributed by atoms with Crippen molar-refractivity contribution in [2.45, 2.75) is 11.8 Å². The fraction of sp³-hybridized carbons (Fsp3) is 0.250. The van der Waals surface area contributed by atoms with Crippen molar-refractivity contribution in [3.05, 3.63) is 24.8 Å². The van der Waals surface area contributed by atoms with E-state index < -0.39 is 0 Å². The van der Waals surface area contributed by atoms with Crippen LogP contribution in [0.2, 0.25) is 0 Å². The van der Waals surface area contributed by atoms with Crippen LogP contribution in [0.4, 0.5) is 0 Å². The summed E-state index contributed by atoms with van der Waals surface area (Å²) < 4.78 is 0. The first kappa shape index (κ1) is 8.52. The van der Waals surface area contributed by atoms with Crippen LogP contribution in [-0.4, -0.2) is 4.83 Å². The molecular weight excluding hydrogens is 176 g/mol. The maximum absolute atomic E-state index is 3.51. The second kappa shape index (κ2) is 5.65. The third-order valence-corrected chi connectivity index (χ3v) is 0.827. The molecule has 48 valence electrons. The van der Waals surface area contributed by atoms with E-state index in [1.54, 1.807) is 12.2 Å². The van der Waals surface area contributed by atoms with Crippen LogP contribution in [0.1, 0.15) is 6.92 Å². The summed E-state index contributed by atoms with van der Waals surface area (Å²) in [5.41, 5.74) is 0. The molecule has 0 saturated carbocycles. The number of hydrogen-bond donors (Lipinski definition) is 0. The van der Waals surface area contributed by atoms with Crippen LogP contribution in [0.15, 0.2) is 24.8 Å². The van der Waals surface area contributed by atoms with E-state index in [4.69, 9.17) is 0 Å². The smallest absolute Gasteiger partial charge is 0.0730 e. The third-order valence-electron chi connectivity index (χ3n) is 0.598. The minimum Gasteiger partial charge on any atom is -0.0990 e. The molecule has 0 saturated heterocycles. The van der Waals surface area contributed by atoms with Crippen LogP contribution in [0.5, 0.6) is 0 Å². The summed E-state index contributed by atoms with van der Waals surface area (Å²) in [6, 6.07) is 0. The second-order valence-corrected chi connectivity index (χ2v) is 2.87. The molecule has 1 unspecified atom stereocenters. The molecule has 0 aliphatic rings. The van der Waals surface area contributed by atoms with Crippen molar-refractivity contribution in [2.75, 3.05) is 0 Å². The van der Waals surface area contributed by atoms with E-state index in [1.165, 1.54) is 0 Å². The molecule has 1 heteroatoms. The molecule has 0 aliphatic carbocycles. The van der Waals surface area contributed by atoms with Gasteiger partial charge in [-0.05, 0) is 13.0 Å². The third kappa shape index (κ3) is 7.52. The normalized spacial score (nSPS) is 12.2. The van der Waals surface area contributed by atoms with Gasteiger partial charge in [0.05, 0.1) is 4.83 Å². The van der Waals surface area contributed by atoms with Gasteiger partial charge in [-0.25, -0.2) is 0 Å². The quantitative estimate of drug-likeness (QED) is 0.334. The second-order valence-electron chi connectivity index (χ2n) is 1.50. The lowest BCUT2D eigenvalue weighted by Gasteiger charge is -1.80. The van der Waals surface area contributed by atoms with Crippen molar-refractivity contribution < 1.29 is 0 Å². The molecule has 1 atom stereocenters. The Morgan fingerprint density at radius 1 is 1.67 bits per heavy atom. The van der Waals surface area contributed by atoms with E-state index in [1.807, 2.05) is 13.0 Å². The summed E-state index contributed by atoms with van der Waals surface area (Å²) in [5.74, 6) is 5.75. The van der Waals surface area contributed by atoms with Gasteiger partial charge in [-0.15, -0.1) is 0 Å². The molecule has 0 fully saturated rings. The highest BCUT2D eigenvalue weighted by Crippen LogP contribution is 1.92. The summed E-state index contributed by atoms with van der Waals surface area (Å²) >= 11 is 3.29. The van der Waals surface area contributed by atoms with E-state index in [0.29, 0.717) is 0 Å². The van der Waals surface area contributed by atoms with E-state index in [2.05, 4.69) is 34.3 Å². The highest BCUT2D eigenvalue weighted by molar-refractivity contribution is 9.09. The summed E-state index contributed by atoms with van der Waals surface area (Å²) in [7, 11) is 0. The van der Waals surface area contributed by atoms with Crippen molar-refractivity contribution in [3.63, 3.8) is 0 Å². The molecule has 0 heterocycles. The molecule has 0 amide bonds. The zero-order valence-corrected chi connectivity index (χ0v) is 6.98. The van der Waals surface area contributed by atoms with Gasteiger partial charge >= 0.3 is 0 Å². The molecule has 0 rings (SSSR count).